The second-order valence-electron chi connectivity index (χ2n) is 4.34. The van der Waals surface area contributed by atoms with Gasteiger partial charge in [-0.3, -0.25) is 0 Å². The maximum absolute atomic E-state index is 11.9. The van der Waals surface area contributed by atoms with Crippen LogP contribution in [0.4, 0.5) is 0 Å². The zero-order valence-corrected chi connectivity index (χ0v) is 13.7. The Bertz CT molecular complexity index is 491. The van der Waals surface area contributed by atoms with E-state index in [1.54, 1.807) is 31.3 Å². The van der Waals surface area contributed by atoms with Crippen molar-refractivity contribution in [1.29, 1.82) is 0 Å². The predicted molar refractivity (Wildman–Crippen MR) is 83.3 cm³/mol. The molecule has 0 radical (unpaired) electrons. The molecular formula is C13H19Cl2NO3S. The summed E-state index contributed by atoms with van der Waals surface area (Å²) >= 11 is 11.3. The van der Waals surface area contributed by atoms with Crippen LogP contribution in [0, 0.1) is 0 Å². The topological polar surface area (TPSA) is 46.6 Å². The van der Waals surface area contributed by atoms with Crippen LogP contribution in [0.2, 0.25) is 5.02 Å². The van der Waals surface area contributed by atoms with Crippen LogP contribution in [0.1, 0.15) is 12.8 Å². The Morgan fingerprint density at radius 2 is 1.85 bits per heavy atom. The quantitative estimate of drug-likeness (QED) is 0.513. The van der Waals surface area contributed by atoms with E-state index in [9.17, 15) is 8.42 Å². The van der Waals surface area contributed by atoms with Gasteiger partial charge in [-0.2, -0.15) is 0 Å². The van der Waals surface area contributed by atoms with Crippen molar-refractivity contribution in [3.05, 3.63) is 29.3 Å². The highest BCUT2D eigenvalue weighted by Crippen LogP contribution is 2.15. The molecule has 0 unspecified atom stereocenters. The number of alkyl halides is 1. The molecule has 0 fully saturated rings. The average molecular weight is 340 g/mol. The van der Waals surface area contributed by atoms with Crippen LogP contribution in [0.25, 0.3) is 0 Å². The summed E-state index contributed by atoms with van der Waals surface area (Å²) in [6, 6.07) is 6.95. The third kappa shape index (κ3) is 6.31. The molecule has 0 spiro atoms. The Kier molecular flexibility index (Phi) is 7.66. The highest BCUT2D eigenvalue weighted by atomic mass is 35.5. The molecule has 1 aromatic carbocycles. The fourth-order valence-corrected chi connectivity index (χ4v) is 3.05. The summed E-state index contributed by atoms with van der Waals surface area (Å²) in [5, 5.41) is 0.635. The molecule has 0 N–H and O–H groups in total. The van der Waals surface area contributed by atoms with E-state index in [4.69, 9.17) is 27.9 Å². The number of nitrogens with zero attached hydrogens (tertiary/aromatic N) is 1. The minimum absolute atomic E-state index is 0.122. The number of likely N-dealkylation sites (N-methyl/N-ethyl adjacent to an activating group) is 1. The van der Waals surface area contributed by atoms with Crippen LogP contribution in [0.15, 0.2) is 24.3 Å². The van der Waals surface area contributed by atoms with Gasteiger partial charge in [0.1, 0.15) is 12.4 Å². The molecule has 114 valence electrons. The lowest BCUT2D eigenvalue weighted by atomic mass is 10.3. The minimum atomic E-state index is -3.22. The molecule has 0 aliphatic rings. The summed E-state index contributed by atoms with van der Waals surface area (Å²) in [4.78, 5) is 0. The van der Waals surface area contributed by atoms with E-state index >= 15 is 0 Å². The Hall–Kier alpha value is -0.490. The van der Waals surface area contributed by atoms with Gasteiger partial charge in [-0.05, 0) is 37.1 Å². The number of halogens is 2. The molecule has 0 aliphatic heterocycles. The van der Waals surface area contributed by atoms with Gasteiger partial charge in [0.05, 0.1) is 5.75 Å². The summed E-state index contributed by atoms with van der Waals surface area (Å²) in [6.07, 6.45) is 1.28. The second kappa shape index (κ2) is 8.72. The van der Waals surface area contributed by atoms with Crippen LogP contribution < -0.4 is 4.74 Å². The summed E-state index contributed by atoms with van der Waals surface area (Å²) in [5.41, 5.74) is 0. The van der Waals surface area contributed by atoms with Gasteiger partial charge in [0.25, 0.3) is 0 Å². The zero-order valence-electron chi connectivity index (χ0n) is 11.4. The minimum Gasteiger partial charge on any atom is -0.492 e. The predicted octanol–water partition coefficient (Wildman–Crippen LogP) is 3.00. The third-order valence-corrected chi connectivity index (χ3v) is 5.21. The maximum atomic E-state index is 11.9. The van der Waals surface area contributed by atoms with Crippen molar-refractivity contribution in [1.82, 2.24) is 4.31 Å². The van der Waals surface area contributed by atoms with E-state index in [0.717, 1.165) is 0 Å². The molecule has 0 heterocycles. The van der Waals surface area contributed by atoms with Gasteiger partial charge in [-0.25, -0.2) is 12.7 Å². The van der Waals surface area contributed by atoms with E-state index in [2.05, 4.69) is 0 Å². The maximum Gasteiger partial charge on any atom is 0.213 e. The van der Waals surface area contributed by atoms with Crippen LogP contribution >= 0.6 is 23.2 Å². The number of ether oxygens (including phenoxy) is 1. The fourth-order valence-electron chi connectivity index (χ4n) is 1.50. The van der Waals surface area contributed by atoms with Crippen LogP contribution in [-0.4, -0.2) is 44.6 Å². The van der Waals surface area contributed by atoms with Crippen molar-refractivity contribution in [3.8, 4) is 5.75 Å². The molecule has 7 heteroatoms. The van der Waals surface area contributed by atoms with Crippen molar-refractivity contribution in [2.75, 3.05) is 31.8 Å². The van der Waals surface area contributed by atoms with Crippen molar-refractivity contribution in [2.24, 2.45) is 0 Å². The van der Waals surface area contributed by atoms with Crippen molar-refractivity contribution in [3.63, 3.8) is 0 Å². The first-order chi connectivity index (χ1) is 9.45. The van der Waals surface area contributed by atoms with Crippen molar-refractivity contribution in [2.45, 2.75) is 12.8 Å². The Labute approximate surface area is 130 Å². The van der Waals surface area contributed by atoms with E-state index < -0.39 is 10.0 Å². The first kappa shape index (κ1) is 17.6. The molecule has 0 atom stereocenters. The summed E-state index contributed by atoms with van der Waals surface area (Å²) in [7, 11) is -1.66. The molecule has 0 saturated heterocycles. The van der Waals surface area contributed by atoms with E-state index in [1.807, 2.05) is 0 Å². The van der Waals surface area contributed by atoms with E-state index in [-0.39, 0.29) is 5.75 Å². The molecule has 1 rings (SSSR count). The molecular weight excluding hydrogens is 321 g/mol. The number of benzene rings is 1. The third-order valence-electron chi connectivity index (χ3n) is 2.75. The molecule has 20 heavy (non-hydrogen) atoms. The number of rotatable bonds is 9. The van der Waals surface area contributed by atoms with Gasteiger partial charge in [-0.15, -0.1) is 11.6 Å². The largest absolute Gasteiger partial charge is 0.492 e. The second-order valence-corrected chi connectivity index (χ2v) is 7.35. The highest BCUT2D eigenvalue weighted by Gasteiger charge is 2.16. The van der Waals surface area contributed by atoms with Crippen LogP contribution in [-0.2, 0) is 10.0 Å². The van der Waals surface area contributed by atoms with Gasteiger partial charge >= 0.3 is 0 Å². The standard InChI is InChI=1S/C13H19Cl2NO3S/c1-16(20(17,18)11-3-2-8-14)9-10-19-13-6-4-12(15)5-7-13/h4-7H,2-3,8-11H2,1H3. The normalized spacial score (nSPS) is 11.8. The van der Waals surface area contributed by atoms with Gasteiger partial charge in [0.15, 0.2) is 0 Å². The van der Waals surface area contributed by atoms with E-state index in [1.165, 1.54) is 4.31 Å². The molecule has 0 aliphatic carbocycles. The van der Waals surface area contributed by atoms with Crippen molar-refractivity contribution < 1.29 is 13.2 Å². The molecule has 0 bridgehead atoms. The molecule has 0 aromatic heterocycles. The van der Waals surface area contributed by atoms with Crippen molar-refractivity contribution >= 4 is 33.2 Å². The monoisotopic (exact) mass is 339 g/mol. The summed E-state index contributed by atoms with van der Waals surface area (Å²) in [6.45, 7) is 0.610. The van der Waals surface area contributed by atoms with Gasteiger partial charge < -0.3 is 4.74 Å². The smallest absolute Gasteiger partial charge is 0.213 e. The van der Waals surface area contributed by atoms with Crippen LogP contribution in [0.3, 0.4) is 0 Å². The van der Waals surface area contributed by atoms with Crippen LogP contribution in [0.5, 0.6) is 5.75 Å². The number of unbranched alkanes of at least 4 members (excludes halogenated alkanes) is 1. The first-order valence-corrected chi connectivity index (χ1v) is 8.86. The van der Waals surface area contributed by atoms with Gasteiger partial charge in [-0.1, -0.05) is 11.6 Å². The molecule has 0 saturated carbocycles. The Morgan fingerprint density at radius 3 is 2.45 bits per heavy atom. The number of sulfonamides is 1. The lowest BCUT2D eigenvalue weighted by molar-refractivity contribution is 0.287. The van der Waals surface area contributed by atoms with Gasteiger partial charge in [0.2, 0.25) is 10.0 Å². The number of hydrogen-bond acceptors (Lipinski definition) is 3. The Morgan fingerprint density at radius 1 is 1.20 bits per heavy atom. The fraction of sp³-hybridized carbons (Fsp3) is 0.538. The highest BCUT2D eigenvalue weighted by molar-refractivity contribution is 7.89. The first-order valence-electron chi connectivity index (χ1n) is 6.34. The lowest BCUT2D eigenvalue weighted by Gasteiger charge is -2.17. The number of hydrogen-bond donors (Lipinski definition) is 0. The Balaban J connectivity index is 2.35. The molecule has 4 nitrogen and oxygen atoms in total. The average Bonchev–Trinajstić information content (AvgIpc) is 2.41. The molecule has 1 aromatic rings. The van der Waals surface area contributed by atoms with E-state index in [0.29, 0.717) is 42.6 Å². The summed E-state index contributed by atoms with van der Waals surface area (Å²) < 4.78 is 30.6. The van der Waals surface area contributed by atoms with Gasteiger partial charge in [0, 0.05) is 24.5 Å². The summed E-state index contributed by atoms with van der Waals surface area (Å²) in [5.74, 6) is 1.28. The zero-order chi connectivity index (χ0) is 15.0. The SMILES string of the molecule is CN(CCOc1ccc(Cl)cc1)S(=O)(=O)CCCCCl. The molecule has 0 amide bonds. The lowest BCUT2D eigenvalue weighted by Crippen LogP contribution is -2.32.